The lowest BCUT2D eigenvalue weighted by Crippen LogP contribution is -2.35. The number of halogens is 1. The van der Waals surface area contributed by atoms with Crippen LogP contribution < -0.4 is 15.4 Å². The maximum Gasteiger partial charge on any atom is 0.320 e. The van der Waals surface area contributed by atoms with Crippen LogP contribution in [0.3, 0.4) is 0 Å². The molecule has 3 heterocycles. The number of para-hydroxylation sites is 1. The van der Waals surface area contributed by atoms with Crippen molar-refractivity contribution < 1.29 is 9.53 Å². The summed E-state index contributed by atoms with van der Waals surface area (Å²) in [4.78, 5) is 16.4. The molecule has 2 amide bonds. The minimum absolute atomic E-state index is 0.169. The second-order valence-corrected chi connectivity index (χ2v) is 6.21. The fraction of sp³-hybridized carbons (Fsp3) is 0.167. The standard InChI is InChI=1S/C18H16ClN5O2/c19-14-5-1-4-13-15(7-10-26-17(13)14)21-18(25)22-16-6-9-24(23-16)12-3-2-8-20-11-12/h1-6,8-9,11,15H,7,10H2,(H2,21,22,23,25)/t15-/m0/s1. The van der Waals surface area contributed by atoms with Gasteiger partial charge in [-0.3, -0.25) is 10.3 Å². The van der Waals surface area contributed by atoms with Gasteiger partial charge in [0.2, 0.25) is 0 Å². The number of anilines is 1. The number of aromatic nitrogens is 3. The van der Waals surface area contributed by atoms with Gasteiger partial charge in [0.05, 0.1) is 29.6 Å². The fourth-order valence-electron chi connectivity index (χ4n) is 2.87. The van der Waals surface area contributed by atoms with Crippen molar-refractivity contribution in [1.82, 2.24) is 20.1 Å². The fourth-order valence-corrected chi connectivity index (χ4v) is 3.11. The predicted octanol–water partition coefficient (Wildman–Crippen LogP) is 3.57. The summed E-state index contributed by atoms with van der Waals surface area (Å²) in [6.45, 7) is 0.497. The van der Waals surface area contributed by atoms with Crippen LogP contribution in [0.5, 0.6) is 5.75 Å². The van der Waals surface area contributed by atoms with Crippen molar-refractivity contribution in [3.8, 4) is 11.4 Å². The molecule has 4 rings (SSSR count). The van der Waals surface area contributed by atoms with Crippen LogP contribution in [0.2, 0.25) is 5.02 Å². The maximum absolute atomic E-state index is 12.4. The second kappa shape index (κ2) is 7.05. The molecule has 26 heavy (non-hydrogen) atoms. The largest absolute Gasteiger partial charge is 0.492 e. The van der Waals surface area contributed by atoms with Gasteiger partial charge in [0.25, 0.3) is 0 Å². The Labute approximate surface area is 155 Å². The summed E-state index contributed by atoms with van der Waals surface area (Å²) in [6.07, 6.45) is 5.82. The molecule has 0 unspecified atom stereocenters. The molecule has 2 aromatic heterocycles. The summed E-state index contributed by atoms with van der Waals surface area (Å²) < 4.78 is 7.26. The lowest BCUT2D eigenvalue weighted by Gasteiger charge is -2.27. The van der Waals surface area contributed by atoms with E-state index in [4.69, 9.17) is 16.3 Å². The first-order valence-electron chi connectivity index (χ1n) is 8.15. The van der Waals surface area contributed by atoms with Gasteiger partial charge in [-0.05, 0) is 18.2 Å². The van der Waals surface area contributed by atoms with E-state index in [0.717, 1.165) is 11.3 Å². The van der Waals surface area contributed by atoms with E-state index in [1.165, 1.54) is 0 Å². The molecular formula is C18H16ClN5O2. The van der Waals surface area contributed by atoms with Crippen LogP contribution in [0.15, 0.2) is 55.0 Å². The number of hydrogen-bond donors (Lipinski definition) is 2. The Balaban J connectivity index is 1.44. The molecule has 2 N–H and O–H groups in total. The number of carbonyl (C=O) groups excluding carboxylic acids is 1. The molecule has 0 fully saturated rings. The van der Waals surface area contributed by atoms with Crippen molar-refractivity contribution in [1.29, 1.82) is 0 Å². The van der Waals surface area contributed by atoms with Gasteiger partial charge in [-0.1, -0.05) is 23.7 Å². The Bertz CT molecular complexity index is 928. The first-order chi connectivity index (χ1) is 12.7. The van der Waals surface area contributed by atoms with Gasteiger partial charge in [-0.15, -0.1) is 5.10 Å². The number of hydrogen-bond acceptors (Lipinski definition) is 4. The maximum atomic E-state index is 12.4. The van der Waals surface area contributed by atoms with Gasteiger partial charge < -0.3 is 10.1 Å². The number of benzene rings is 1. The number of amides is 2. The number of rotatable bonds is 3. The number of carbonyl (C=O) groups is 1. The van der Waals surface area contributed by atoms with Crippen LogP contribution >= 0.6 is 11.6 Å². The Morgan fingerprint density at radius 1 is 1.27 bits per heavy atom. The summed E-state index contributed by atoms with van der Waals surface area (Å²) >= 11 is 6.16. The van der Waals surface area contributed by atoms with Crippen LogP contribution in [-0.2, 0) is 0 Å². The van der Waals surface area contributed by atoms with Crippen molar-refractivity contribution in [3.63, 3.8) is 0 Å². The molecule has 8 heteroatoms. The number of pyridine rings is 1. The van der Waals surface area contributed by atoms with E-state index in [1.54, 1.807) is 35.4 Å². The monoisotopic (exact) mass is 369 g/mol. The van der Waals surface area contributed by atoms with E-state index in [0.29, 0.717) is 29.6 Å². The molecule has 0 bridgehead atoms. The van der Waals surface area contributed by atoms with Crippen LogP contribution in [0.1, 0.15) is 18.0 Å². The predicted molar refractivity (Wildman–Crippen MR) is 97.8 cm³/mol. The van der Waals surface area contributed by atoms with Crippen LogP contribution in [0, 0.1) is 0 Å². The highest BCUT2D eigenvalue weighted by Gasteiger charge is 2.24. The van der Waals surface area contributed by atoms with Crippen molar-refractivity contribution in [2.75, 3.05) is 11.9 Å². The van der Waals surface area contributed by atoms with Crippen LogP contribution in [-0.4, -0.2) is 27.4 Å². The first-order valence-corrected chi connectivity index (χ1v) is 8.53. The highest BCUT2D eigenvalue weighted by molar-refractivity contribution is 6.32. The molecule has 0 spiro atoms. The van der Waals surface area contributed by atoms with Gasteiger partial charge in [-0.25, -0.2) is 9.48 Å². The van der Waals surface area contributed by atoms with Gasteiger partial charge in [0.1, 0.15) is 5.75 Å². The van der Waals surface area contributed by atoms with Gasteiger partial charge >= 0.3 is 6.03 Å². The SMILES string of the molecule is O=C(Nc1ccn(-c2cccnc2)n1)N[C@H]1CCOc2c(Cl)cccc21. The molecule has 0 saturated heterocycles. The molecular weight excluding hydrogens is 354 g/mol. The quantitative estimate of drug-likeness (QED) is 0.739. The number of fused-ring (bicyclic) bond motifs is 1. The van der Waals surface area contributed by atoms with Crippen LogP contribution in [0.25, 0.3) is 5.69 Å². The van der Waals surface area contributed by atoms with Gasteiger partial charge in [0.15, 0.2) is 5.82 Å². The van der Waals surface area contributed by atoms with Crippen LogP contribution in [0.4, 0.5) is 10.6 Å². The zero-order chi connectivity index (χ0) is 17.9. The molecule has 1 aliphatic rings. The summed E-state index contributed by atoms with van der Waals surface area (Å²) in [5, 5.41) is 10.6. The van der Waals surface area contributed by atoms with E-state index in [-0.39, 0.29) is 12.1 Å². The minimum atomic E-state index is -0.334. The molecule has 0 saturated carbocycles. The smallest absolute Gasteiger partial charge is 0.320 e. The number of urea groups is 1. The van der Waals surface area contributed by atoms with Gasteiger partial charge in [0, 0.05) is 30.4 Å². The highest BCUT2D eigenvalue weighted by atomic mass is 35.5. The third kappa shape index (κ3) is 3.34. The normalized spacial score (nSPS) is 15.7. The zero-order valence-corrected chi connectivity index (χ0v) is 14.5. The highest BCUT2D eigenvalue weighted by Crippen LogP contribution is 2.37. The number of nitrogens with zero attached hydrogens (tertiary/aromatic N) is 3. The summed E-state index contributed by atoms with van der Waals surface area (Å²) in [5.74, 6) is 1.08. The minimum Gasteiger partial charge on any atom is -0.492 e. The van der Waals surface area contributed by atoms with Gasteiger partial charge in [-0.2, -0.15) is 0 Å². The van der Waals surface area contributed by atoms with E-state index in [9.17, 15) is 4.79 Å². The first kappa shape index (κ1) is 16.4. The molecule has 1 atom stereocenters. The summed E-state index contributed by atoms with van der Waals surface area (Å²) in [7, 11) is 0. The average Bonchev–Trinajstić information content (AvgIpc) is 3.12. The molecule has 132 valence electrons. The third-order valence-corrected chi connectivity index (χ3v) is 4.37. The lowest BCUT2D eigenvalue weighted by molar-refractivity contribution is 0.232. The Kier molecular flexibility index (Phi) is 4.45. The average molecular weight is 370 g/mol. The molecule has 1 aliphatic heterocycles. The van der Waals surface area contributed by atoms with Crippen molar-refractivity contribution in [2.24, 2.45) is 0 Å². The Morgan fingerprint density at radius 2 is 2.19 bits per heavy atom. The molecule has 1 aromatic carbocycles. The van der Waals surface area contributed by atoms with E-state index in [2.05, 4.69) is 20.7 Å². The Morgan fingerprint density at radius 3 is 3.04 bits per heavy atom. The van der Waals surface area contributed by atoms with Crippen molar-refractivity contribution in [3.05, 3.63) is 65.6 Å². The number of nitrogens with one attached hydrogen (secondary N) is 2. The third-order valence-electron chi connectivity index (χ3n) is 4.07. The zero-order valence-electron chi connectivity index (χ0n) is 13.7. The molecule has 0 aliphatic carbocycles. The number of ether oxygens (including phenoxy) is 1. The topological polar surface area (TPSA) is 81.1 Å². The summed E-state index contributed by atoms with van der Waals surface area (Å²) in [5.41, 5.74) is 1.69. The van der Waals surface area contributed by atoms with E-state index in [1.807, 2.05) is 24.3 Å². The molecule has 3 aromatic rings. The van der Waals surface area contributed by atoms with Crippen molar-refractivity contribution in [2.45, 2.75) is 12.5 Å². The summed E-state index contributed by atoms with van der Waals surface area (Å²) in [6, 6.07) is 10.4. The van der Waals surface area contributed by atoms with E-state index < -0.39 is 0 Å². The second-order valence-electron chi connectivity index (χ2n) is 5.80. The molecule has 0 radical (unpaired) electrons. The lowest BCUT2D eigenvalue weighted by atomic mass is 10.0. The van der Waals surface area contributed by atoms with E-state index >= 15 is 0 Å². The molecule has 7 nitrogen and oxygen atoms in total. The van der Waals surface area contributed by atoms with Crippen molar-refractivity contribution >= 4 is 23.4 Å². The Hall–Kier alpha value is -3.06.